The number of esters is 1. The summed E-state index contributed by atoms with van der Waals surface area (Å²) in [5, 5.41) is 0. The minimum atomic E-state index is -0.198. The van der Waals surface area contributed by atoms with Crippen LogP contribution in [0.5, 0.6) is 0 Å². The largest absolute Gasteiger partial charge is 0.462 e. The molecule has 2 saturated heterocycles. The Morgan fingerprint density at radius 3 is 2.67 bits per heavy atom. The lowest BCUT2D eigenvalue weighted by molar-refractivity contribution is -0.146. The molecule has 5 heteroatoms. The van der Waals surface area contributed by atoms with Crippen molar-refractivity contribution in [3.63, 3.8) is 0 Å². The Morgan fingerprint density at radius 2 is 1.93 bits per heavy atom. The van der Waals surface area contributed by atoms with E-state index in [1.807, 2.05) is 12.1 Å². The van der Waals surface area contributed by atoms with Crippen LogP contribution in [0.2, 0.25) is 0 Å². The second kappa shape index (κ2) is 7.67. The molecule has 1 aromatic rings. The highest BCUT2D eigenvalue weighted by atomic mass is 19.1. The van der Waals surface area contributed by atoms with Crippen LogP contribution in [0, 0.1) is 29.0 Å². The van der Waals surface area contributed by atoms with E-state index in [1.165, 1.54) is 30.5 Å². The molecule has 0 spiro atoms. The van der Waals surface area contributed by atoms with E-state index in [0.717, 1.165) is 57.7 Å². The van der Waals surface area contributed by atoms with Crippen molar-refractivity contribution in [2.24, 2.45) is 23.2 Å². The van der Waals surface area contributed by atoms with Gasteiger partial charge in [0.2, 0.25) is 0 Å². The fourth-order valence-electron chi connectivity index (χ4n) is 6.58. The summed E-state index contributed by atoms with van der Waals surface area (Å²) < 4.78 is 19.1. The maximum Gasteiger partial charge on any atom is 0.310 e. The van der Waals surface area contributed by atoms with Crippen molar-refractivity contribution in [3.05, 3.63) is 42.2 Å². The fourth-order valence-corrected chi connectivity index (χ4v) is 6.58. The van der Waals surface area contributed by atoms with E-state index >= 15 is 0 Å². The number of carbonyl (C=O) groups excluding carboxylic acids is 1. The van der Waals surface area contributed by atoms with Gasteiger partial charge in [-0.1, -0.05) is 19.1 Å². The third kappa shape index (κ3) is 3.55. The molecule has 5 rings (SSSR count). The van der Waals surface area contributed by atoms with Gasteiger partial charge in [0.05, 0.1) is 5.92 Å². The average molecular weight is 413 g/mol. The van der Waals surface area contributed by atoms with Gasteiger partial charge in [-0.25, -0.2) is 4.39 Å². The van der Waals surface area contributed by atoms with Crippen molar-refractivity contribution in [2.45, 2.75) is 45.1 Å². The summed E-state index contributed by atoms with van der Waals surface area (Å²) in [6, 6.07) is 6.73. The van der Waals surface area contributed by atoms with Gasteiger partial charge in [-0.05, 0) is 67.7 Å². The highest BCUT2D eigenvalue weighted by Gasteiger charge is 2.55. The first-order chi connectivity index (χ1) is 14.4. The molecule has 0 aromatic heterocycles. The lowest BCUT2D eigenvalue weighted by Crippen LogP contribution is -2.50. The molecule has 1 aromatic carbocycles. The summed E-state index contributed by atoms with van der Waals surface area (Å²) in [7, 11) is 0. The molecule has 2 heterocycles. The number of rotatable bonds is 3. The van der Waals surface area contributed by atoms with Gasteiger partial charge in [-0.3, -0.25) is 9.69 Å². The lowest BCUT2D eigenvalue weighted by atomic mass is 9.55. The number of allylic oxidation sites excluding steroid dienone is 1. The maximum absolute atomic E-state index is 13.2. The second-order valence-corrected chi connectivity index (χ2v) is 10.2. The number of halogens is 1. The SMILES string of the molecule is C=C1CCC[C@]2(C)C[C@H]3OC(=O)[C@H](CN4CCN(c5ccc(F)cc5)CC4)[C@@H]3C[C@@H]12. The third-order valence-corrected chi connectivity index (χ3v) is 8.34. The number of hydrogen-bond donors (Lipinski definition) is 0. The van der Waals surface area contributed by atoms with Gasteiger partial charge in [0.25, 0.3) is 0 Å². The van der Waals surface area contributed by atoms with Crippen LogP contribution in [0.25, 0.3) is 0 Å². The molecule has 2 aliphatic carbocycles. The van der Waals surface area contributed by atoms with Crippen molar-refractivity contribution < 1.29 is 13.9 Å². The third-order valence-electron chi connectivity index (χ3n) is 8.34. The minimum absolute atomic E-state index is 0.00773. The van der Waals surface area contributed by atoms with E-state index in [4.69, 9.17) is 4.74 Å². The molecule has 5 atom stereocenters. The van der Waals surface area contributed by atoms with E-state index < -0.39 is 0 Å². The normalized spacial score (nSPS) is 36.9. The Labute approximate surface area is 179 Å². The predicted octanol–water partition coefficient (Wildman–Crippen LogP) is 4.26. The van der Waals surface area contributed by atoms with Gasteiger partial charge in [0, 0.05) is 44.3 Å². The first kappa shape index (κ1) is 20.0. The molecule has 2 aliphatic heterocycles. The number of piperazine rings is 1. The van der Waals surface area contributed by atoms with Gasteiger partial charge < -0.3 is 9.64 Å². The molecule has 4 nitrogen and oxygen atoms in total. The molecule has 2 saturated carbocycles. The van der Waals surface area contributed by atoms with E-state index in [-0.39, 0.29) is 29.2 Å². The smallest absolute Gasteiger partial charge is 0.310 e. The van der Waals surface area contributed by atoms with Gasteiger partial charge in [-0.2, -0.15) is 0 Å². The van der Waals surface area contributed by atoms with E-state index in [1.54, 1.807) is 0 Å². The van der Waals surface area contributed by atoms with Crippen LogP contribution in [-0.2, 0) is 9.53 Å². The van der Waals surface area contributed by atoms with E-state index in [9.17, 15) is 9.18 Å². The van der Waals surface area contributed by atoms with Gasteiger partial charge in [0.15, 0.2) is 0 Å². The Morgan fingerprint density at radius 1 is 1.20 bits per heavy atom. The molecule has 30 heavy (non-hydrogen) atoms. The highest BCUT2D eigenvalue weighted by molar-refractivity contribution is 5.75. The standard InChI is InChI=1S/C25H33FN2O2/c1-17-4-3-9-25(2)15-23-20(14-22(17)25)21(24(29)30-23)16-27-10-12-28(13-11-27)19-7-5-18(26)6-8-19/h5-8,20-23H,1,3-4,9-16H2,2H3/t20-,21+,22-,23+,25+/m0/s1. The van der Waals surface area contributed by atoms with Crippen LogP contribution in [-0.4, -0.2) is 49.7 Å². The molecule has 0 bridgehead atoms. The fraction of sp³-hybridized carbons (Fsp3) is 0.640. The van der Waals surface area contributed by atoms with Crippen LogP contribution in [0.4, 0.5) is 10.1 Å². The number of benzene rings is 1. The van der Waals surface area contributed by atoms with Crippen LogP contribution >= 0.6 is 0 Å². The minimum Gasteiger partial charge on any atom is -0.462 e. The monoisotopic (exact) mass is 412 g/mol. The second-order valence-electron chi connectivity index (χ2n) is 10.2. The number of carbonyl (C=O) groups is 1. The zero-order valence-corrected chi connectivity index (χ0v) is 18.0. The van der Waals surface area contributed by atoms with Crippen molar-refractivity contribution in [3.8, 4) is 0 Å². The lowest BCUT2D eigenvalue weighted by Gasteiger charge is -2.50. The number of fused-ring (bicyclic) bond motifs is 2. The highest BCUT2D eigenvalue weighted by Crippen LogP contribution is 2.56. The summed E-state index contributed by atoms with van der Waals surface area (Å²) >= 11 is 0. The van der Waals surface area contributed by atoms with Crippen molar-refractivity contribution >= 4 is 11.7 Å². The molecule has 0 unspecified atom stereocenters. The first-order valence-corrected chi connectivity index (χ1v) is 11.5. The summed E-state index contributed by atoms with van der Waals surface area (Å²) in [5.41, 5.74) is 2.72. The molecule has 4 aliphatic rings. The van der Waals surface area contributed by atoms with Crippen molar-refractivity contribution in [2.75, 3.05) is 37.6 Å². The van der Waals surface area contributed by atoms with Crippen LogP contribution < -0.4 is 4.90 Å². The number of hydrogen-bond acceptors (Lipinski definition) is 4. The molecular weight excluding hydrogens is 379 g/mol. The zero-order chi connectivity index (χ0) is 20.9. The number of ether oxygens (including phenoxy) is 1. The van der Waals surface area contributed by atoms with Gasteiger partial charge in [-0.15, -0.1) is 0 Å². The van der Waals surface area contributed by atoms with E-state index in [2.05, 4.69) is 23.3 Å². The quantitative estimate of drug-likeness (QED) is 0.549. The zero-order valence-electron chi connectivity index (χ0n) is 18.0. The Hall–Kier alpha value is -1.88. The molecular formula is C25H33FN2O2. The van der Waals surface area contributed by atoms with Crippen LogP contribution in [0.1, 0.15) is 39.0 Å². The van der Waals surface area contributed by atoms with Gasteiger partial charge >= 0.3 is 5.97 Å². The topological polar surface area (TPSA) is 32.8 Å². The first-order valence-electron chi connectivity index (χ1n) is 11.5. The van der Waals surface area contributed by atoms with Crippen molar-refractivity contribution in [1.82, 2.24) is 4.90 Å². The summed E-state index contributed by atoms with van der Waals surface area (Å²) in [5.74, 6) is 0.682. The summed E-state index contributed by atoms with van der Waals surface area (Å²) in [6.45, 7) is 11.2. The Kier molecular flexibility index (Phi) is 5.12. The molecule has 0 N–H and O–H groups in total. The molecule has 4 fully saturated rings. The molecule has 0 amide bonds. The van der Waals surface area contributed by atoms with Crippen LogP contribution in [0.3, 0.4) is 0 Å². The van der Waals surface area contributed by atoms with Crippen molar-refractivity contribution in [1.29, 1.82) is 0 Å². The average Bonchev–Trinajstić information content (AvgIpc) is 3.01. The predicted molar refractivity (Wildman–Crippen MR) is 116 cm³/mol. The van der Waals surface area contributed by atoms with Crippen LogP contribution in [0.15, 0.2) is 36.4 Å². The van der Waals surface area contributed by atoms with E-state index in [0.29, 0.717) is 11.8 Å². The maximum atomic E-state index is 13.2. The number of nitrogens with zero attached hydrogens (tertiary/aromatic N) is 2. The summed E-state index contributed by atoms with van der Waals surface area (Å²) in [4.78, 5) is 17.5. The molecule has 162 valence electrons. The molecule has 0 radical (unpaired) electrons. The van der Waals surface area contributed by atoms with Gasteiger partial charge in [0.1, 0.15) is 11.9 Å². The number of anilines is 1. The Bertz CT molecular complexity index is 817. The Balaban J connectivity index is 1.22. The summed E-state index contributed by atoms with van der Waals surface area (Å²) in [6.07, 6.45) is 5.75.